The molecule has 100 valence electrons. The second-order valence-corrected chi connectivity index (χ2v) is 4.37. The molecule has 3 aromatic rings. The van der Waals surface area contributed by atoms with Crippen molar-refractivity contribution in [2.45, 2.75) is 12.8 Å². The fourth-order valence-corrected chi connectivity index (χ4v) is 2.00. The summed E-state index contributed by atoms with van der Waals surface area (Å²) >= 11 is 0. The minimum absolute atomic E-state index is 0.0644. The fourth-order valence-electron chi connectivity index (χ4n) is 2.00. The average molecular weight is 268 g/mol. The van der Waals surface area contributed by atoms with E-state index in [0.29, 0.717) is 12.1 Å². The number of aliphatic carboxylic acids is 1. The first kappa shape index (κ1) is 12.3. The summed E-state index contributed by atoms with van der Waals surface area (Å²) in [5, 5.41) is 13.3. The van der Waals surface area contributed by atoms with Gasteiger partial charge in [0.05, 0.1) is 24.0 Å². The summed E-state index contributed by atoms with van der Waals surface area (Å²) in [4.78, 5) is 18.9. The van der Waals surface area contributed by atoms with Gasteiger partial charge in [-0.2, -0.15) is 5.10 Å². The number of hydrogen-bond acceptors (Lipinski definition) is 4. The number of imidazole rings is 1. The molecule has 0 saturated carbocycles. The van der Waals surface area contributed by atoms with Crippen LogP contribution < -0.4 is 0 Å². The molecule has 0 aliphatic heterocycles. The number of aryl methyl sites for hydroxylation is 1. The largest absolute Gasteiger partial charge is 0.481 e. The van der Waals surface area contributed by atoms with E-state index in [4.69, 9.17) is 5.11 Å². The number of carbonyl (C=O) groups is 1. The summed E-state index contributed by atoms with van der Waals surface area (Å²) in [5.41, 5.74) is 3.26. The van der Waals surface area contributed by atoms with Gasteiger partial charge < -0.3 is 5.11 Å². The molecule has 0 unspecified atom stereocenters. The molecule has 0 aromatic carbocycles. The normalized spacial score (nSPS) is 10.8. The van der Waals surface area contributed by atoms with E-state index < -0.39 is 5.97 Å². The highest BCUT2D eigenvalue weighted by atomic mass is 16.4. The number of aromatic nitrogens is 4. The average Bonchev–Trinajstić information content (AvgIpc) is 2.88. The molecule has 0 spiro atoms. The minimum Gasteiger partial charge on any atom is -0.481 e. The fraction of sp³-hybridized carbons (Fsp3) is 0.143. The Kier molecular flexibility index (Phi) is 3.12. The predicted molar refractivity (Wildman–Crippen MR) is 72.2 cm³/mol. The molecule has 0 saturated heterocycles. The maximum Gasteiger partial charge on any atom is 0.303 e. The molecular weight excluding hydrogens is 256 g/mol. The number of carboxylic acids is 1. The third kappa shape index (κ3) is 2.35. The van der Waals surface area contributed by atoms with Crippen molar-refractivity contribution in [1.82, 2.24) is 19.6 Å². The van der Waals surface area contributed by atoms with Gasteiger partial charge >= 0.3 is 5.97 Å². The Labute approximate surface area is 114 Å². The van der Waals surface area contributed by atoms with Gasteiger partial charge in [-0.3, -0.25) is 9.78 Å². The molecule has 3 heterocycles. The lowest BCUT2D eigenvalue weighted by Crippen LogP contribution is -2.03. The van der Waals surface area contributed by atoms with E-state index in [1.54, 1.807) is 23.1 Å². The van der Waals surface area contributed by atoms with E-state index in [0.717, 1.165) is 17.0 Å². The summed E-state index contributed by atoms with van der Waals surface area (Å²) < 4.78 is 1.69. The number of hydrogen-bond donors (Lipinski definition) is 1. The zero-order chi connectivity index (χ0) is 13.9. The zero-order valence-corrected chi connectivity index (χ0v) is 10.6. The highest BCUT2D eigenvalue weighted by Gasteiger charge is 2.08. The molecule has 6 heteroatoms. The van der Waals surface area contributed by atoms with Gasteiger partial charge in [0.15, 0.2) is 5.65 Å². The Hall–Kier alpha value is -2.76. The van der Waals surface area contributed by atoms with Gasteiger partial charge in [0.2, 0.25) is 0 Å². The summed E-state index contributed by atoms with van der Waals surface area (Å²) in [5.74, 6) is -0.828. The van der Waals surface area contributed by atoms with Crippen molar-refractivity contribution in [2.24, 2.45) is 0 Å². The van der Waals surface area contributed by atoms with E-state index >= 15 is 0 Å². The van der Waals surface area contributed by atoms with Crippen LogP contribution in [0.5, 0.6) is 0 Å². The van der Waals surface area contributed by atoms with E-state index in [2.05, 4.69) is 15.1 Å². The third-order valence-corrected chi connectivity index (χ3v) is 3.00. The summed E-state index contributed by atoms with van der Waals surface area (Å²) in [6, 6.07) is 7.51. The number of carboxylic acid groups (broad SMARTS) is 1. The monoisotopic (exact) mass is 268 g/mol. The molecule has 1 N–H and O–H groups in total. The van der Waals surface area contributed by atoms with Gasteiger partial charge in [0.1, 0.15) is 0 Å². The lowest BCUT2D eigenvalue weighted by molar-refractivity contribution is -0.136. The van der Waals surface area contributed by atoms with Crippen LogP contribution in [0, 0.1) is 0 Å². The number of nitrogens with zero attached hydrogens (tertiary/aromatic N) is 4. The summed E-state index contributed by atoms with van der Waals surface area (Å²) in [6.07, 6.45) is 5.56. The van der Waals surface area contributed by atoms with Gasteiger partial charge in [0.25, 0.3) is 0 Å². The second-order valence-electron chi connectivity index (χ2n) is 4.37. The van der Waals surface area contributed by atoms with Crippen molar-refractivity contribution in [2.75, 3.05) is 0 Å². The van der Waals surface area contributed by atoms with E-state index in [9.17, 15) is 4.79 Å². The molecule has 3 rings (SSSR count). The predicted octanol–water partition coefficient (Wildman–Crippen LogP) is 1.81. The standard InChI is InChI=1S/C14H12N4O2/c19-14(20)4-1-11-9-16-13-3-2-12(17-18(11)13)10-5-7-15-8-6-10/h2-3,5-9H,1,4H2,(H,19,20). The van der Waals surface area contributed by atoms with Crippen molar-refractivity contribution in [3.05, 3.63) is 48.5 Å². The van der Waals surface area contributed by atoms with Crippen LogP contribution in [0.4, 0.5) is 0 Å². The first-order chi connectivity index (χ1) is 9.74. The highest BCUT2D eigenvalue weighted by molar-refractivity contribution is 5.67. The molecule has 0 radical (unpaired) electrons. The molecule has 6 nitrogen and oxygen atoms in total. The minimum atomic E-state index is -0.828. The van der Waals surface area contributed by atoms with Crippen LogP contribution in [-0.2, 0) is 11.2 Å². The Morgan fingerprint density at radius 1 is 1.20 bits per heavy atom. The second kappa shape index (κ2) is 5.08. The van der Waals surface area contributed by atoms with Crippen LogP contribution in [0.2, 0.25) is 0 Å². The lowest BCUT2D eigenvalue weighted by atomic mass is 10.2. The molecule has 0 atom stereocenters. The Morgan fingerprint density at radius 3 is 2.75 bits per heavy atom. The Balaban J connectivity index is 2.01. The molecule has 0 aliphatic rings. The van der Waals surface area contributed by atoms with Gasteiger partial charge in [0, 0.05) is 24.4 Å². The van der Waals surface area contributed by atoms with Crippen LogP contribution in [0.3, 0.4) is 0 Å². The van der Waals surface area contributed by atoms with Gasteiger partial charge in [-0.05, 0) is 24.3 Å². The van der Waals surface area contributed by atoms with Crippen molar-refractivity contribution >= 4 is 11.6 Å². The Morgan fingerprint density at radius 2 is 2.00 bits per heavy atom. The van der Waals surface area contributed by atoms with Crippen LogP contribution in [-0.4, -0.2) is 30.7 Å². The van der Waals surface area contributed by atoms with Crippen molar-refractivity contribution in [3.63, 3.8) is 0 Å². The Bertz CT molecular complexity index is 752. The first-order valence-electron chi connectivity index (χ1n) is 6.20. The topological polar surface area (TPSA) is 80.4 Å². The molecule has 20 heavy (non-hydrogen) atoms. The van der Waals surface area contributed by atoms with Crippen molar-refractivity contribution < 1.29 is 9.90 Å². The van der Waals surface area contributed by atoms with Crippen LogP contribution in [0.1, 0.15) is 12.1 Å². The van der Waals surface area contributed by atoms with E-state index in [1.807, 2.05) is 24.3 Å². The van der Waals surface area contributed by atoms with E-state index in [1.165, 1.54) is 0 Å². The van der Waals surface area contributed by atoms with Crippen LogP contribution >= 0.6 is 0 Å². The molecule has 3 aromatic heterocycles. The number of fused-ring (bicyclic) bond motifs is 1. The van der Waals surface area contributed by atoms with Crippen molar-refractivity contribution in [3.8, 4) is 11.3 Å². The molecule has 0 fully saturated rings. The van der Waals surface area contributed by atoms with Gasteiger partial charge in [-0.15, -0.1) is 0 Å². The van der Waals surface area contributed by atoms with E-state index in [-0.39, 0.29) is 6.42 Å². The molecule has 0 aliphatic carbocycles. The molecular formula is C14H12N4O2. The smallest absolute Gasteiger partial charge is 0.303 e. The number of pyridine rings is 1. The SMILES string of the molecule is O=C(O)CCc1cnc2ccc(-c3ccncc3)nn12. The summed E-state index contributed by atoms with van der Waals surface area (Å²) in [7, 11) is 0. The van der Waals surface area contributed by atoms with Crippen molar-refractivity contribution in [1.29, 1.82) is 0 Å². The maximum atomic E-state index is 10.7. The van der Waals surface area contributed by atoms with Crippen LogP contribution in [0.25, 0.3) is 16.9 Å². The third-order valence-electron chi connectivity index (χ3n) is 3.00. The first-order valence-corrected chi connectivity index (χ1v) is 6.20. The van der Waals surface area contributed by atoms with Crippen LogP contribution in [0.15, 0.2) is 42.9 Å². The summed E-state index contributed by atoms with van der Waals surface area (Å²) in [6.45, 7) is 0. The quantitative estimate of drug-likeness (QED) is 0.780. The zero-order valence-electron chi connectivity index (χ0n) is 10.6. The van der Waals surface area contributed by atoms with Gasteiger partial charge in [-0.25, -0.2) is 9.50 Å². The highest BCUT2D eigenvalue weighted by Crippen LogP contribution is 2.17. The lowest BCUT2D eigenvalue weighted by Gasteiger charge is -2.03. The maximum absolute atomic E-state index is 10.7. The number of rotatable bonds is 4. The van der Waals surface area contributed by atoms with Gasteiger partial charge in [-0.1, -0.05) is 0 Å². The molecule has 0 amide bonds. The molecule has 0 bridgehead atoms.